The third-order valence-electron chi connectivity index (χ3n) is 5.62. The first-order valence-electron chi connectivity index (χ1n) is 10.0. The highest BCUT2D eigenvalue weighted by molar-refractivity contribution is 6.02. The second kappa shape index (κ2) is 8.49. The number of hydrogen-bond donors (Lipinski definition) is 1. The topological polar surface area (TPSA) is 64.2 Å². The predicted molar refractivity (Wildman–Crippen MR) is 112 cm³/mol. The van der Waals surface area contributed by atoms with E-state index in [1.165, 1.54) is 11.9 Å². The Bertz CT molecular complexity index is 969. The Balaban J connectivity index is 1.48. The summed E-state index contributed by atoms with van der Waals surface area (Å²) in [6.07, 6.45) is 3.74. The molecule has 1 aromatic heterocycles. The van der Waals surface area contributed by atoms with Crippen LogP contribution in [-0.4, -0.2) is 28.0 Å². The van der Waals surface area contributed by atoms with E-state index in [0.717, 1.165) is 25.9 Å². The molecule has 1 fully saturated rings. The summed E-state index contributed by atoms with van der Waals surface area (Å²) in [6, 6.07) is 20.0. The Labute approximate surface area is 171 Å². The number of imidazole rings is 1. The van der Waals surface area contributed by atoms with E-state index >= 15 is 0 Å². The first kappa shape index (κ1) is 19.2. The summed E-state index contributed by atoms with van der Waals surface area (Å²) in [4.78, 5) is 15.1. The van der Waals surface area contributed by atoms with Gasteiger partial charge in [-0.3, -0.25) is 9.69 Å². The molecule has 150 valence electrons. The fourth-order valence-electron chi connectivity index (χ4n) is 4.08. The fraction of sp³-hybridized carbons (Fsp3) is 0.304. The molecule has 1 atom stereocenters. The monoisotopic (exact) mass is 390 g/mol. The standard InChI is InChI=1S/C23H26N4O2/c1-18-22(23(28)24-20-11-6-3-7-12-20)27(29)17-26(18)16-21-13-8-14-25(21)15-19-9-4-2-5-10-19/h2-7,9-12,17,21H,8,13-16H2,1H3,(H,24,28)/t21-/m0/s1. The normalized spacial score (nSPS) is 16.8. The van der Waals surface area contributed by atoms with Crippen LogP contribution >= 0.6 is 0 Å². The Morgan fingerprint density at radius 1 is 1.14 bits per heavy atom. The minimum absolute atomic E-state index is 0.154. The quantitative estimate of drug-likeness (QED) is 0.519. The van der Waals surface area contributed by atoms with Gasteiger partial charge in [0, 0.05) is 25.2 Å². The third kappa shape index (κ3) is 4.32. The number of rotatable bonds is 6. The zero-order valence-electron chi connectivity index (χ0n) is 16.6. The van der Waals surface area contributed by atoms with Gasteiger partial charge in [-0.15, -0.1) is 0 Å². The summed E-state index contributed by atoms with van der Waals surface area (Å²) in [5.41, 5.74) is 2.82. The van der Waals surface area contributed by atoms with Crippen LogP contribution in [-0.2, 0) is 13.1 Å². The number of nitrogens with one attached hydrogen (secondary N) is 1. The maximum absolute atomic E-state index is 12.7. The van der Waals surface area contributed by atoms with Crippen LogP contribution in [0.1, 0.15) is 34.6 Å². The molecule has 0 radical (unpaired) electrons. The number of benzene rings is 2. The number of carbonyl (C=O) groups is 1. The van der Waals surface area contributed by atoms with Crippen molar-refractivity contribution in [1.29, 1.82) is 0 Å². The van der Waals surface area contributed by atoms with Crippen LogP contribution in [0, 0.1) is 12.1 Å². The number of nitrogens with zero attached hydrogens (tertiary/aromatic N) is 3. The van der Waals surface area contributed by atoms with Crippen LogP contribution in [0.3, 0.4) is 0 Å². The lowest BCUT2D eigenvalue weighted by Gasteiger charge is -2.23. The molecule has 0 saturated carbocycles. The van der Waals surface area contributed by atoms with Crippen molar-refractivity contribution in [2.45, 2.75) is 38.9 Å². The van der Waals surface area contributed by atoms with E-state index in [-0.39, 0.29) is 11.6 Å². The molecular weight excluding hydrogens is 364 g/mol. The number of aromatic nitrogens is 2. The summed E-state index contributed by atoms with van der Waals surface area (Å²) < 4.78 is 2.60. The lowest BCUT2D eigenvalue weighted by Crippen LogP contribution is -2.34. The van der Waals surface area contributed by atoms with Gasteiger partial charge < -0.3 is 10.5 Å². The van der Waals surface area contributed by atoms with Gasteiger partial charge in [0.1, 0.15) is 6.54 Å². The van der Waals surface area contributed by atoms with E-state index in [9.17, 15) is 10.0 Å². The second-order valence-corrected chi connectivity index (χ2v) is 7.60. The molecule has 6 heteroatoms. The molecular formula is C23H26N4O2. The third-order valence-corrected chi connectivity index (χ3v) is 5.62. The molecule has 6 nitrogen and oxygen atoms in total. The van der Waals surface area contributed by atoms with Crippen molar-refractivity contribution in [3.05, 3.63) is 89.1 Å². The lowest BCUT2D eigenvalue weighted by molar-refractivity contribution is -0.607. The first-order valence-corrected chi connectivity index (χ1v) is 10.0. The Morgan fingerprint density at radius 3 is 2.55 bits per heavy atom. The van der Waals surface area contributed by atoms with E-state index in [2.05, 4.69) is 34.5 Å². The molecule has 3 aromatic rings. The Morgan fingerprint density at radius 2 is 1.83 bits per heavy atom. The average molecular weight is 390 g/mol. The van der Waals surface area contributed by atoms with Gasteiger partial charge in [0.05, 0.1) is 0 Å². The van der Waals surface area contributed by atoms with Crippen LogP contribution in [0.5, 0.6) is 0 Å². The number of carbonyl (C=O) groups excluding carboxylic acids is 1. The van der Waals surface area contributed by atoms with Crippen molar-refractivity contribution in [2.75, 3.05) is 11.9 Å². The SMILES string of the molecule is Cc1c(C(=O)Nc2ccccc2)[n+]([O-])cn1C[C@@H]1CCCN1Cc1ccccc1. The number of hydrogen-bond acceptors (Lipinski definition) is 3. The van der Waals surface area contributed by atoms with E-state index in [1.807, 2.05) is 35.8 Å². The summed E-state index contributed by atoms with van der Waals surface area (Å²) in [7, 11) is 0. The minimum Gasteiger partial charge on any atom is -0.710 e. The first-order chi connectivity index (χ1) is 14.1. The van der Waals surface area contributed by atoms with Crippen molar-refractivity contribution in [3.63, 3.8) is 0 Å². The number of para-hydroxylation sites is 1. The van der Waals surface area contributed by atoms with E-state index in [0.29, 0.717) is 28.7 Å². The van der Waals surface area contributed by atoms with E-state index < -0.39 is 0 Å². The van der Waals surface area contributed by atoms with Gasteiger partial charge in [0.25, 0.3) is 5.91 Å². The van der Waals surface area contributed by atoms with Gasteiger partial charge in [-0.25, -0.2) is 9.30 Å². The van der Waals surface area contributed by atoms with Crippen molar-refractivity contribution in [2.24, 2.45) is 0 Å². The van der Waals surface area contributed by atoms with Crippen LogP contribution in [0.25, 0.3) is 0 Å². The second-order valence-electron chi connectivity index (χ2n) is 7.60. The molecule has 2 heterocycles. The van der Waals surface area contributed by atoms with Crippen molar-refractivity contribution in [3.8, 4) is 0 Å². The minimum atomic E-state index is -0.380. The predicted octanol–water partition coefficient (Wildman–Crippen LogP) is 3.35. The molecule has 0 aliphatic carbocycles. The van der Waals surface area contributed by atoms with Gasteiger partial charge in [0.15, 0.2) is 5.69 Å². The smallest absolute Gasteiger partial charge is 0.300 e. The fourth-order valence-corrected chi connectivity index (χ4v) is 4.08. The molecule has 0 bridgehead atoms. The summed E-state index contributed by atoms with van der Waals surface area (Å²) in [5.74, 6) is -0.380. The van der Waals surface area contributed by atoms with Crippen LogP contribution < -0.4 is 10.0 Å². The molecule has 4 rings (SSSR count). The zero-order chi connectivity index (χ0) is 20.2. The molecule has 0 spiro atoms. The number of amides is 1. The van der Waals surface area contributed by atoms with Gasteiger partial charge in [-0.1, -0.05) is 48.5 Å². The molecule has 2 aromatic carbocycles. The molecule has 0 unspecified atom stereocenters. The van der Waals surface area contributed by atoms with Crippen LogP contribution in [0.2, 0.25) is 0 Å². The highest BCUT2D eigenvalue weighted by Gasteiger charge is 2.30. The Kier molecular flexibility index (Phi) is 5.62. The molecule has 1 saturated heterocycles. The summed E-state index contributed by atoms with van der Waals surface area (Å²) in [5, 5.41) is 15.3. The van der Waals surface area contributed by atoms with Crippen molar-refractivity contribution < 1.29 is 9.52 Å². The highest BCUT2D eigenvalue weighted by Crippen LogP contribution is 2.22. The maximum atomic E-state index is 12.7. The highest BCUT2D eigenvalue weighted by atomic mass is 16.5. The van der Waals surface area contributed by atoms with E-state index in [1.54, 1.807) is 12.1 Å². The Hall–Kier alpha value is -3.12. The van der Waals surface area contributed by atoms with Gasteiger partial charge in [-0.05, 0) is 37.1 Å². The van der Waals surface area contributed by atoms with E-state index in [4.69, 9.17) is 0 Å². The molecule has 1 aliphatic heterocycles. The number of likely N-dealkylation sites (tertiary alicyclic amines) is 1. The number of anilines is 1. The maximum Gasteiger partial charge on any atom is 0.300 e. The molecule has 1 aliphatic rings. The summed E-state index contributed by atoms with van der Waals surface area (Å²) >= 11 is 0. The molecule has 1 N–H and O–H groups in total. The van der Waals surface area contributed by atoms with Crippen molar-refractivity contribution >= 4 is 11.6 Å². The largest absolute Gasteiger partial charge is 0.710 e. The zero-order valence-corrected chi connectivity index (χ0v) is 16.6. The van der Waals surface area contributed by atoms with Crippen LogP contribution in [0.15, 0.2) is 67.0 Å². The molecule has 29 heavy (non-hydrogen) atoms. The van der Waals surface area contributed by atoms with Gasteiger partial charge in [-0.2, -0.15) is 0 Å². The average Bonchev–Trinajstić information content (AvgIpc) is 3.27. The lowest BCUT2D eigenvalue weighted by atomic mass is 10.1. The van der Waals surface area contributed by atoms with Gasteiger partial charge >= 0.3 is 0 Å². The van der Waals surface area contributed by atoms with Gasteiger partial charge in [0.2, 0.25) is 12.0 Å². The van der Waals surface area contributed by atoms with Crippen molar-refractivity contribution in [1.82, 2.24) is 9.47 Å². The van der Waals surface area contributed by atoms with Crippen LogP contribution in [0.4, 0.5) is 5.69 Å². The summed E-state index contributed by atoms with van der Waals surface area (Å²) in [6.45, 7) is 4.51. The molecule has 1 amide bonds.